The first-order valence-corrected chi connectivity index (χ1v) is 7.57. The summed E-state index contributed by atoms with van der Waals surface area (Å²) in [6, 6.07) is -0.145. The summed E-state index contributed by atoms with van der Waals surface area (Å²) in [4.78, 5) is 0. The first-order valence-electron chi connectivity index (χ1n) is 7.57. The quantitative estimate of drug-likeness (QED) is 0.232. The maximum Gasteiger partial charge on any atom is 0.762 e. The molecule has 2 aromatic rings. The second kappa shape index (κ2) is 9.30. The van der Waals surface area contributed by atoms with Crippen molar-refractivity contribution in [2.75, 3.05) is 6.61 Å². The molecule has 0 spiro atoms. The van der Waals surface area contributed by atoms with Crippen molar-refractivity contribution in [2.45, 2.75) is 26.5 Å². The van der Waals surface area contributed by atoms with Crippen molar-refractivity contribution in [3.63, 3.8) is 0 Å². The van der Waals surface area contributed by atoms with Crippen LogP contribution in [0.15, 0.2) is 6.33 Å². The number of benzene rings is 1. The van der Waals surface area contributed by atoms with E-state index in [9.17, 15) is 34.9 Å². The molecule has 1 aliphatic heterocycles. The topological polar surface area (TPSA) is 30.9 Å². The number of hydrogen-bond acceptors (Lipinski definition) is 2. The van der Waals surface area contributed by atoms with Gasteiger partial charge < -0.3 is 9.44 Å². The lowest BCUT2D eigenvalue weighted by molar-refractivity contribution is -0.749. The molecule has 14 heteroatoms. The third-order valence-corrected chi connectivity index (χ3v) is 3.82. The molecule has 156 valence electrons. The Labute approximate surface area is 153 Å². The van der Waals surface area contributed by atoms with E-state index >= 15 is 0 Å². The maximum absolute atomic E-state index is 13.9. The zero-order chi connectivity index (χ0) is 20.5. The third-order valence-electron chi connectivity index (χ3n) is 3.82. The number of ether oxygens (including phenoxy) is 1. The first-order chi connectivity index (χ1) is 12.6. The van der Waals surface area contributed by atoms with E-state index in [2.05, 4.69) is 5.10 Å². The lowest BCUT2D eigenvalue weighted by atomic mass is 10.0. The highest BCUT2D eigenvalue weighted by atomic mass is 19.4. The third kappa shape index (κ3) is 4.59. The van der Waals surface area contributed by atoms with Crippen molar-refractivity contribution in [1.82, 2.24) is 9.78 Å². The van der Waals surface area contributed by atoms with Crippen LogP contribution in [0.3, 0.4) is 0 Å². The number of fused-ring (bicyclic) bond motifs is 1. The van der Waals surface area contributed by atoms with Crippen molar-refractivity contribution >= 4 is 7.54 Å². The van der Waals surface area contributed by atoms with Crippen molar-refractivity contribution in [2.24, 2.45) is 5.92 Å². The Morgan fingerprint density at radius 3 is 1.96 bits per heavy atom. The van der Waals surface area contributed by atoms with E-state index in [1.54, 1.807) is 4.57 Å². The van der Waals surface area contributed by atoms with Crippen LogP contribution in [0.4, 0.5) is 34.9 Å². The molecule has 0 fully saturated rings. The Kier molecular flexibility index (Phi) is 7.90. The molecule has 0 N–H and O–H groups in total. The standard InChI is InChI=1S/C14H13F5N3O.BF3.FH/c1-6(2)7-3-23-4-8-20-22(5-21(7)8)14-12(18)10(16)9(15)11(17)13(14)19;2-1(3)4;/h5-7H,3-4H2,1-2H3;;1H/q+1;;/p-1. The molecule has 1 aliphatic rings. The Bertz CT molecular complexity index is 799. The molecule has 28 heavy (non-hydrogen) atoms. The lowest BCUT2D eigenvalue weighted by Crippen LogP contribution is -3.00. The molecule has 0 bridgehead atoms. The number of halogens is 9. The summed E-state index contributed by atoms with van der Waals surface area (Å²) in [5.41, 5.74) is -1.11. The van der Waals surface area contributed by atoms with Gasteiger partial charge in [-0.25, -0.2) is 17.7 Å². The minimum atomic E-state index is -3.67. The van der Waals surface area contributed by atoms with E-state index in [1.807, 2.05) is 13.8 Å². The van der Waals surface area contributed by atoms with Gasteiger partial charge >= 0.3 is 13.4 Å². The zero-order valence-corrected chi connectivity index (χ0v) is 14.4. The van der Waals surface area contributed by atoms with Crippen molar-refractivity contribution in [3.8, 4) is 5.69 Å². The van der Waals surface area contributed by atoms with Crippen LogP contribution in [0, 0.1) is 35.0 Å². The van der Waals surface area contributed by atoms with E-state index in [0.29, 0.717) is 17.1 Å². The molecule has 0 amide bonds. The second-order valence-corrected chi connectivity index (χ2v) is 5.88. The van der Waals surface area contributed by atoms with E-state index in [0.717, 1.165) is 0 Å². The summed E-state index contributed by atoms with van der Waals surface area (Å²) in [6.45, 7) is 4.31. The average molecular weight is 421 g/mol. The molecule has 1 aromatic heterocycles. The van der Waals surface area contributed by atoms with Crippen LogP contribution in [-0.4, -0.2) is 23.9 Å². The molecule has 2 heterocycles. The van der Waals surface area contributed by atoms with Crippen LogP contribution in [-0.2, 0) is 11.3 Å². The predicted octanol–water partition coefficient (Wildman–Crippen LogP) is 0.466. The number of rotatable bonds is 2. The molecule has 1 atom stereocenters. The van der Waals surface area contributed by atoms with E-state index in [-0.39, 0.29) is 23.3 Å². The van der Waals surface area contributed by atoms with E-state index < -0.39 is 42.3 Å². The van der Waals surface area contributed by atoms with Gasteiger partial charge in [0.25, 0.3) is 0 Å². The molecule has 4 nitrogen and oxygen atoms in total. The molecule has 1 aromatic carbocycles. The highest BCUT2D eigenvalue weighted by Gasteiger charge is 2.35. The molecular weight excluding hydrogens is 408 g/mol. The molecule has 3 rings (SSSR count). The normalized spacial score (nSPS) is 15.5. The van der Waals surface area contributed by atoms with Crippen molar-refractivity contribution < 1.29 is 48.9 Å². The summed E-state index contributed by atoms with van der Waals surface area (Å²) >= 11 is 0. The molecule has 0 radical (unpaired) electrons. The Balaban J connectivity index is 0.000000717. The maximum atomic E-state index is 13.9. The van der Waals surface area contributed by atoms with Gasteiger partial charge in [-0.15, -0.1) is 0 Å². The van der Waals surface area contributed by atoms with Gasteiger partial charge in [0, 0.05) is 5.10 Å². The number of nitrogens with zero attached hydrogens (tertiary/aromatic N) is 3. The molecule has 0 aliphatic carbocycles. The minimum absolute atomic E-state index is 0. The molecule has 0 saturated heterocycles. The summed E-state index contributed by atoms with van der Waals surface area (Å²) in [7, 11) is -3.67. The Morgan fingerprint density at radius 1 is 1.04 bits per heavy atom. The van der Waals surface area contributed by atoms with Gasteiger partial charge in [-0.1, -0.05) is 18.5 Å². The second-order valence-electron chi connectivity index (χ2n) is 5.88. The van der Waals surface area contributed by atoms with Crippen molar-refractivity contribution in [3.05, 3.63) is 41.2 Å². The Morgan fingerprint density at radius 2 is 1.50 bits per heavy atom. The fourth-order valence-corrected chi connectivity index (χ4v) is 2.53. The highest BCUT2D eigenvalue weighted by molar-refractivity contribution is 6.33. The minimum Gasteiger partial charge on any atom is -1.00 e. The van der Waals surface area contributed by atoms with Crippen LogP contribution in [0.5, 0.6) is 0 Å². The zero-order valence-electron chi connectivity index (χ0n) is 14.4. The van der Waals surface area contributed by atoms with Crippen LogP contribution >= 0.6 is 0 Å². The predicted molar refractivity (Wildman–Crippen MR) is 76.2 cm³/mol. The fourth-order valence-electron chi connectivity index (χ4n) is 2.53. The highest BCUT2D eigenvalue weighted by Crippen LogP contribution is 2.26. The van der Waals surface area contributed by atoms with Crippen molar-refractivity contribution in [1.29, 1.82) is 0 Å². The van der Waals surface area contributed by atoms with Gasteiger partial charge in [-0.3, -0.25) is 12.9 Å². The van der Waals surface area contributed by atoms with Crippen LogP contribution < -0.4 is 9.27 Å². The number of aromatic nitrogens is 3. The van der Waals surface area contributed by atoms with Gasteiger partial charge in [0.2, 0.25) is 41.1 Å². The van der Waals surface area contributed by atoms with Crippen LogP contribution in [0.2, 0.25) is 0 Å². The summed E-state index contributed by atoms with van der Waals surface area (Å²) in [5.74, 6) is -9.58. The SMILES string of the molecule is CC(C)C1COCc2nn(-c3c(F)c(F)c(F)c(F)c3F)c[n+]21.FB(F)F.[F-]. The molecular formula is C14H13BF9N3O. The van der Waals surface area contributed by atoms with Gasteiger partial charge in [-0.05, 0) is 5.92 Å². The largest absolute Gasteiger partial charge is 1.00 e. The summed E-state index contributed by atoms with van der Waals surface area (Å²) < 4.78 is 104. The van der Waals surface area contributed by atoms with Crippen LogP contribution in [0.1, 0.15) is 25.7 Å². The summed E-state index contributed by atoms with van der Waals surface area (Å²) in [6.07, 6.45) is 1.22. The molecule has 0 saturated carbocycles. The van der Waals surface area contributed by atoms with E-state index in [4.69, 9.17) is 4.74 Å². The average Bonchev–Trinajstić information content (AvgIpc) is 3.01. The van der Waals surface area contributed by atoms with Gasteiger partial charge in [-0.2, -0.15) is 8.78 Å². The summed E-state index contributed by atoms with van der Waals surface area (Å²) in [5, 5.41) is 3.91. The van der Waals surface area contributed by atoms with Gasteiger partial charge in [0.1, 0.15) is 12.6 Å². The Hall–Kier alpha value is -2.25. The van der Waals surface area contributed by atoms with Crippen LogP contribution in [0.25, 0.3) is 5.69 Å². The smallest absolute Gasteiger partial charge is 0.762 e. The number of hydrogen-bond donors (Lipinski definition) is 0. The molecule has 1 unspecified atom stereocenters. The van der Waals surface area contributed by atoms with Gasteiger partial charge in [0.05, 0.1) is 6.61 Å². The van der Waals surface area contributed by atoms with Gasteiger partial charge in [0.15, 0.2) is 0 Å². The van der Waals surface area contributed by atoms with E-state index in [1.165, 1.54) is 6.33 Å². The lowest BCUT2D eigenvalue weighted by Gasteiger charge is -2.22. The fraction of sp³-hybridized carbons (Fsp3) is 0.429. The monoisotopic (exact) mass is 421 g/mol. The first kappa shape index (κ1) is 23.8.